The molecule has 2 heterocycles. The molecule has 88 valence electrons. The van der Waals surface area contributed by atoms with Gasteiger partial charge >= 0.3 is 0 Å². The third-order valence-corrected chi connectivity index (χ3v) is 3.36. The first-order valence-corrected chi connectivity index (χ1v) is 5.64. The Bertz CT molecular complexity index is 387. The number of amides is 1. The summed E-state index contributed by atoms with van der Waals surface area (Å²) in [7, 11) is 0. The number of hydrogen-bond donors (Lipinski definition) is 2. The number of aromatic amines is 1. The maximum absolute atomic E-state index is 12.1. The third kappa shape index (κ3) is 1.95. The monoisotopic (exact) mass is 222 g/mol. The zero-order valence-corrected chi connectivity index (χ0v) is 9.73. The van der Waals surface area contributed by atoms with E-state index in [0.717, 1.165) is 18.7 Å². The molecule has 0 bridgehead atoms. The van der Waals surface area contributed by atoms with Gasteiger partial charge in [-0.3, -0.25) is 9.89 Å². The van der Waals surface area contributed by atoms with E-state index in [-0.39, 0.29) is 11.9 Å². The van der Waals surface area contributed by atoms with Gasteiger partial charge in [-0.05, 0) is 19.3 Å². The first kappa shape index (κ1) is 11.1. The van der Waals surface area contributed by atoms with Crippen molar-refractivity contribution in [2.75, 3.05) is 13.1 Å². The van der Waals surface area contributed by atoms with Gasteiger partial charge in [0.2, 0.25) is 0 Å². The van der Waals surface area contributed by atoms with Crippen LogP contribution in [0.5, 0.6) is 0 Å². The van der Waals surface area contributed by atoms with E-state index in [0.29, 0.717) is 18.0 Å². The molecule has 2 rings (SSSR count). The lowest BCUT2D eigenvalue weighted by Crippen LogP contribution is -2.49. The van der Waals surface area contributed by atoms with Crippen LogP contribution in [0.25, 0.3) is 0 Å². The molecule has 0 spiro atoms. The number of nitrogens with two attached hydrogens (primary N) is 1. The molecule has 1 fully saturated rings. The Morgan fingerprint density at radius 1 is 1.69 bits per heavy atom. The van der Waals surface area contributed by atoms with Crippen molar-refractivity contribution in [3.63, 3.8) is 0 Å². The Labute approximate surface area is 95.0 Å². The summed E-state index contributed by atoms with van der Waals surface area (Å²) >= 11 is 0. The fourth-order valence-corrected chi connectivity index (χ4v) is 2.02. The minimum Gasteiger partial charge on any atom is -0.337 e. The second-order valence-electron chi connectivity index (χ2n) is 4.59. The van der Waals surface area contributed by atoms with E-state index in [1.165, 1.54) is 0 Å². The van der Waals surface area contributed by atoms with Gasteiger partial charge in [0.05, 0.1) is 11.8 Å². The molecule has 3 N–H and O–H groups in total. The molecule has 0 aliphatic carbocycles. The van der Waals surface area contributed by atoms with Crippen LogP contribution in [0, 0.1) is 12.8 Å². The average molecular weight is 222 g/mol. The summed E-state index contributed by atoms with van der Waals surface area (Å²) in [5.74, 6) is 0.531. The SMILES string of the molecule is Cc1[nH]ncc1C(=O)N1CCC(C)C(N)C1. The summed E-state index contributed by atoms with van der Waals surface area (Å²) in [6.45, 7) is 5.42. The lowest BCUT2D eigenvalue weighted by Gasteiger charge is -2.34. The van der Waals surface area contributed by atoms with Crippen LogP contribution in [0.2, 0.25) is 0 Å². The number of rotatable bonds is 1. The molecule has 2 atom stereocenters. The van der Waals surface area contributed by atoms with Crippen molar-refractivity contribution in [3.05, 3.63) is 17.5 Å². The van der Waals surface area contributed by atoms with Gasteiger partial charge in [-0.2, -0.15) is 5.10 Å². The van der Waals surface area contributed by atoms with E-state index >= 15 is 0 Å². The van der Waals surface area contributed by atoms with Crippen LogP contribution in [0.1, 0.15) is 29.4 Å². The Balaban J connectivity index is 2.09. The maximum Gasteiger partial charge on any atom is 0.257 e. The minimum absolute atomic E-state index is 0.0357. The predicted molar refractivity (Wildman–Crippen MR) is 61.0 cm³/mol. The molecule has 1 amide bonds. The number of aromatic nitrogens is 2. The smallest absolute Gasteiger partial charge is 0.257 e. The van der Waals surface area contributed by atoms with Crippen LogP contribution < -0.4 is 5.73 Å². The lowest BCUT2D eigenvalue weighted by atomic mass is 9.94. The first-order valence-electron chi connectivity index (χ1n) is 5.64. The van der Waals surface area contributed by atoms with Gasteiger partial charge in [0.25, 0.3) is 5.91 Å². The largest absolute Gasteiger partial charge is 0.337 e. The molecule has 0 radical (unpaired) electrons. The molecule has 1 saturated heterocycles. The van der Waals surface area contributed by atoms with Crippen LogP contribution in [0.4, 0.5) is 0 Å². The number of H-pyrrole nitrogens is 1. The van der Waals surface area contributed by atoms with Gasteiger partial charge in [-0.15, -0.1) is 0 Å². The highest BCUT2D eigenvalue weighted by Crippen LogP contribution is 2.18. The molecule has 5 heteroatoms. The van der Waals surface area contributed by atoms with Crippen molar-refractivity contribution >= 4 is 5.91 Å². The molecular weight excluding hydrogens is 204 g/mol. The number of piperidine rings is 1. The third-order valence-electron chi connectivity index (χ3n) is 3.36. The molecule has 16 heavy (non-hydrogen) atoms. The van der Waals surface area contributed by atoms with Gasteiger partial charge in [-0.1, -0.05) is 6.92 Å². The normalized spacial score (nSPS) is 25.8. The van der Waals surface area contributed by atoms with E-state index in [2.05, 4.69) is 17.1 Å². The van der Waals surface area contributed by atoms with E-state index in [9.17, 15) is 4.79 Å². The van der Waals surface area contributed by atoms with E-state index in [1.54, 1.807) is 6.20 Å². The highest BCUT2D eigenvalue weighted by Gasteiger charge is 2.27. The fraction of sp³-hybridized carbons (Fsp3) is 0.636. The molecule has 2 unspecified atom stereocenters. The Morgan fingerprint density at radius 3 is 3.00 bits per heavy atom. The highest BCUT2D eigenvalue weighted by atomic mass is 16.2. The second kappa shape index (κ2) is 4.25. The Morgan fingerprint density at radius 2 is 2.44 bits per heavy atom. The van der Waals surface area contributed by atoms with Crippen molar-refractivity contribution in [2.45, 2.75) is 26.3 Å². The number of nitrogens with zero attached hydrogens (tertiary/aromatic N) is 2. The van der Waals surface area contributed by atoms with Gasteiger partial charge in [-0.25, -0.2) is 0 Å². The van der Waals surface area contributed by atoms with Gasteiger partial charge in [0, 0.05) is 24.8 Å². The van der Waals surface area contributed by atoms with Crippen molar-refractivity contribution in [3.8, 4) is 0 Å². The van der Waals surface area contributed by atoms with Crippen LogP contribution in [-0.2, 0) is 0 Å². The summed E-state index contributed by atoms with van der Waals surface area (Å²) in [6.07, 6.45) is 2.56. The highest BCUT2D eigenvalue weighted by molar-refractivity contribution is 5.95. The molecule has 0 saturated carbocycles. The molecule has 1 aliphatic heterocycles. The summed E-state index contributed by atoms with van der Waals surface area (Å²) in [6, 6.07) is 0.0879. The number of nitrogens with one attached hydrogen (secondary N) is 1. The quantitative estimate of drug-likeness (QED) is 0.727. The van der Waals surface area contributed by atoms with Crippen LogP contribution in [-0.4, -0.2) is 40.1 Å². The summed E-state index contributed by atoms with van der Waals surface area (Å²) in [4.78, 5) is 14.0. The average Bonchev–Trinajstić information content (AvgIpc) is 2.67. The molecule has 0 aromatic carbocycles. The van der Waals surface area contributed by atoms with Crippen molar-refractivity contribution < 1.29 is 4.79 Å². The van der Waals surface area contributed by atoms with Crippen LogP contribution in [0.3, 0.4) is 0 Å². The van der Waals surface area contributed by atoms with E-state index < -0.39 is 0 Å². The second-order valence-corrected chi connectivity index (χ2v) is 4.59. The number of hydrogen-bond acceptors (Lipinski definition) is 3. The first-order chi connectivity index (χ1) is 7.59. The zero-order chi connectivity index (χ0) is 11.7. The van der Waals surface area contributed by atoms with Gasteiger partial charge in [0.15, 0.2) is 0 Å². The molecule has 5 nitrogen and oxygen atoms in total. The van der Waals surface area contributed by atoms with Crippen molar-refractivity contribution in [1.29, 1.82) is 0 Å². The van der Waals surface area contributed by atoms with Gasteiger partial charge < -0.3 is 10.6 Å². The van der Waals surface area contributed by atoms with Crippen LogP contribution >= 0.6 is 0 Å². The lowest BCUT2D eigenvalue weighted by molar-refractivity contribution is 0.0672. The van der Waals surface area contributed by atoms with Crippen molar-refractivity contribution in [2.24, 2.45) is 11.7 Å². The molecular formula is C11H18N4O. The predicted octanol–water partition coefficient (Wildman–Crippen LogP) is 0.527. The fourth-order valence-electron chi connectivity index (χ4n) is 2.02. The number of carbonyl (C=O) groups excluding carboxylic acids is 1. The topological polar surface area (TPSA) is 75.0 Å². The zero-order valence-electron chi connectivity index (χ0n) is 9.73. The molecule has 1 aliphatic rings. The molecule has 1 aromatic rings. The molecule has 1 aromatic heterocycles. The van der Waals surface area contributed by atoms with E-state index in [1.807, 2.05) is 11.8 Å². The van der Waals surface area contributed by atoms with Gasteiger partial charge in [0.1, 0.15) is 0 Å². The number of carbonyl (C=O) groups is 1. The summed E-state index contributed by atoms with van der Waals surface area (Å²) in [5, 5.41) is 6.65. The van der Waals surface area contributed by atoms with Crippen molar-refractivity contribution in [1.82, 2.24) is 15.1 Å². The van der Waals surface area contributed by atoms with E-state index in [4.69, 9.17) is 5.73 Å². The summed E-state index contributed by atoms with van der Waals surface area (Å²) in [5.41, 5.74) is 7.45. The number of likely N-dealkylation sites (tertiary alicyclic amines) is 1. The summed E-state index contributed by atoms with van der Waals surface area (Å²) < 4.78 is 0. The standard InChI is InChI=1S/C11H18N4O/c1-7-3-4-15(6-10(7)12)11(16)9-5-13-14-8(9)2/h5,7,10H,3-4,6,12H2,1-2H3,(H,13,14). The van der Waals surface area contributed by atoms with Crippen LogP contribution in [0.15, 0.2) is 6.20 Å². The minimum atomic E-state index is 0.0357. The number of aryl methyl sites for hydroxylation is 1. The Hall–Kier alpha value is -1.36. The maximum atomic E-state index is 12.1. The Kier molecular flexibility index (Phi) is 2.96.